The number of ketones is 1. The zero-order chi connectivity index (χ0) is 22.1. The van der Waals surface area contributed by atoms with E-state index in [0.29, 0.717) is 23.7 Å². The van der Waals surface area contributed by atoms with Gasteiger partial charge in [0.05, 0.1) is 0 Å². The molecule has 1 amide bonds. The molecule has 0 unspecified atom stereocenters. The summed E-state index contributed by atoms with van der Waals surface area (Å²) in [5.41, 5.74) is 2.44. The van der Waals surface area contributed by atoms with Gasteiger partial charge in [-0.3, -0.25) is 9.59 Å². The molecule has 0 heterocycles. The SMILES string of the molecule is CN(C)C(=O)COc1ccc(C(=O)/C=C/c2ccccc2OCc2ccccc2)cc1. The predicted octanol–water partition coefficient (Wildman–Crippen LogP) is 4.63. The Labute approximate surface area is 182 Å². The number of carbonyl (C=O) groups excluding carboxylic acids is 2. The molecule has 0 saturated carbocycles. The van der Waals surface area contributed by atoms with Gasteiger partial charge in [0.15, 0.2) is 12.4 Å². The average Bonchev–Trinajstić information content (AvgIpc) is 2.81. The van der Waals surface area contributed by atoms with Crippen molar-refractivity contribution in [3.63, 3.8) is 0 Å². The average molecular weight is 415 g/mol. The molecule has 0 aliphatic carbocycles. The van der Waals surface area contributed by atoms with Crippen LogP contribution in [0, 0.1) is 0 Å². The van der Waals surface area contributed by atoms with Gasteiger partial charge in [0, 0.05) is 25.2 Å². The van der Waals surface area contributed by atoms with E-state index in [-0.39, 0.29) is 18.3 Å². The minimum Gasteiger partial charge on any atom is -0.488 e. The maximum Gasteiger partial charge on any atom is 0.259 e. The Kier molecular flexibility index (Phi) is 7.60. The van der Waals surface area contributed by atoms with Crippen LogP contribution in [0.2, 0.25) is 0 Å². The van der Waals surface area contributed by atoms with E-state index in [0.717, 1.165) is 11.1 Å². The number of ether oxygens (including phenoxy) is 2. The molecular formula is C26H25NO4. The molecule has 5 heteroatoms. The fraction of sp³-hybridized carbons (Fsp3) is 0.154. The van der Waals surface area contributed by atoms with Crippen LogP contribution in [0.25, 0.3) is 6.08 Å². The van der Waals surface area contributed by atoms with Crippen molar-refractivity contribution in [1.82, 2.24) is 4.90 Å². The zero-order valence-corrected chi connectivity index (χ0v) is 17.7. The molecule has 0 aliphatic heterocycles. The summed E-state index contributed by atoms with van der Waals surface area (Å²) in [6.07, 6.45) is 3.28. The molecule has 0 fully saturated rings. The van der Waals surface area contributed by atoms with Gasteiger partial charge in [0.2, 0.25) is 0 Å². The van der Waals surface area contributed by atoms with Gasteiger partial charge in [0.25, 0.3) is 5.91 Å². The second-order valence-corrected chi connectivity index (χ2v) is 7.11. The Bertz CT molecular complexity index is 1040. The number of nitrogens with zero attached hydrogens (tertiary/aromatic N) is 1. The van der Waals surface area contributed by atoms with E-state index in [4.69, 9.17) is 9.47 Å². The molecule has 0 radical (unpaired) electrons. The maximum absolute atomic E-state index is 12.5. The molecule has 0 aromatic heterocycles. The third kappa shape index (κ3) is 6.57. The lowest BCUT2D eigenvalue weighted by atomic mass is 10.1. The Morgan fingerprint density at radius 3 is 2.23 bits per heavy atom. The quantitative estimate of drug-likeness (QED) is 0.378. The summed E-state index contributed by atoms with van der Waals surface area (Å²) in [7, 11) is 3.34. The number of hydrogen-bond acceptors (Lipinski definition) is 4. The lowest BCUT2D eigenvalue weighted by molar-refractivity contribution is -0.130. The minimum absolute atomic E-state index is 0.0417. The highest BCUT2D eigenvalue weighted by molar-refractivity contribution is 6.07. The summed E-state index contributed by atoms with van der Waals surface area (Å²) in [5.74, 6) is 0.991. The number of carbonyl (C=O) groups is 2. The van der Waals surface area contributed by atoms with Crippen molar-refractivity contribution in [2.75, 3.05) is 20.7 Å². The molecule has 3 aromatic rings. The fourth-order valence-corrected chi connectivity index (χ4v) is 2.74. The molecule has 0 spiro atoms. The molecule has 3 rings (SSSR count). The standard InChI is InChI=1S/C26H25NO4/c1-27(2)26(29)19-30-23-15-12-21(13-16-23)24(28)17-14-22-10-6-7-11-25(22)31-18-20-8-4-3-5-9-20/h3-17H,18-19H2,1-2H3/b17-14+. The second kappa shape index (κ2) is 10.8. The van der Waals surface area contributed by atoms with Gasteiger partial charge in [-0.1, -0.05) is 48.5 Å². The van der Waals surface area contributed by atoms with Crippen LogP contribution in [0.4, 0.5) is 0 Å². The number of amides is 1. The molecule has 0 atom stereocenters. The zero-order valence-electron chi connectivity index (χ0n) is 17.7. The summed E-state index contributed by atoms with van der Waals surface area (Å²) < 4.78 is 11.4. The van der Waals surface area contributed by atoms with Gasteiger partial charge in [-0.15, -0.1) is 0 Å². The Morgan fingerprint density at radius 1 is 0.839 bits per heavy atom. The van der Waals surface area contributed by atoms with E-state index in [1.54, 1.807) is 44.4 Å². The lowest BCUT2D eigenvalue weighted by Crippen LogP contribution is -2.27. The minimum atomic E-state index is -0.131. The molecule has 0 saturated heterocycles. The number of rotatable bonds is 9. The third-order valence-corrected chi connectivity index (χ3v) is 4.57. The van der Waals surface area contributed by atoms with E-state index >= 15 is 0 Å². The van der Waals surface area contributed by atoms with Crippen molar-refractivity contribution in [2.24, 2.45) is 0 Å². The number of hydrogen-bond donors (Lipinski definition) is 0. The van der Waals surface area contributed by atoms with E-state index in [1.165, 1.54) is 11.0 Å². The smallest absolute Gasteiger partial charge is 0.259 e. The van der Waals surface area contributed by atoms with Crippen LogP contribution in [0.1, 0.15) is 21.5 Å². The highest BCUT2D eigenvalue weighted by atomic mass is 16.5. The monoisotopic (exact) mass is 415 g/mol. The molecule has 0 aliphatic rings. The topological polar surface area (TPSA) is 55.8 Å². The van der Waals surface area contributed by atoms with Crippen LogP contribution in [-0.2, 0) is 11.4 Å². The summed E-state index contributed by atoms with van der Waals surface area (Å²) >= 11 is 0. The number of benzene rings is 3. The van der Waals surface area contributed by atoms with Crippen LogP contribution < -0.4 is 9.47 Å². The van der Waals surface area contributed by atoms with E-state index in [1.807, 2.05) is 54.6 Å². The van der Waals surface area contributed by atoms with Crippen LogP contribution in [-0.4, -0.2) is 37.3 Å². The van der Waals surface area contributed by atoms with Crippen molar-refractivity contribution < 1.29 is 19.1 Å². The highest BCUT2D eigenvalue weighted by Gasteiger charge is 2.07. The fourth-order valence-electron chi connectivity index (χ4n) is 2.74. The molecule has 31 heavy (non-hydrogen) atoms. The van der Waals surface area contributed by atoms with Gasteiger partial charge < -0.3 is 14.4 Å². The van der Waals surface area contributed by atoms with Crippen molar-refractivity contribution in [3.8, 4) is 11.5 Å². The molecule has 0 N–H and O–H groups in total. The third-order valence-electron chi connectivity index (χ3n) is 4.57. The predicted molar refractivity (Wildman–Crippen MR) is 121 cm³/mol. The number of likely N-dealkylation sites (N-methyl/N-ethyl adjacent to an activating group) is 1. The van der Waals surface area contributed by atoms with Crippen LogP contribution in [0.15, 0.2) is 84.9 Å². The summed E-state index contributed by atoms with van der Waals surface area (Å²) in [6, 6.07) is 24.2. The molecule has 5 nitrogen and oxygen atoms in total. The molecule has 158 valence electrons. The number of para-hydroxylation sites is 1. The molecule has 0 bridgehead atoms. The van der Waals surface area contributed by atoms with Crippen molar-refractivity contribution in [2.45, 2.75) is 6.61 Å². The largest absolute Gasteiger partial charge is 0.488 e. The first kappa shape index (κ1) is 21.8. The van der Waals surface area contributed by atoms with E-state index in [2.05, 4.69) is 0 Å². The van der Waals surface area contributed by atoms with Crippen molar-refractivity contribution >= 4 is 17.8 Å². The number of allylic oxidation sites excluding steroid dienone is 1. The summed E-state index contributed by atoms with van der Waals surface area (Å²) in [6.45, 7) is 0.414. The second-order valence-electron chi connectivity index (χ2n) is 7.11. The van der Waals surface area contributed by atoms with Crippen LogP contribution in [0.5, 0.6) is 11.5 Å². The summed E-state index contributed by atoms with van der Waals surface area (Å²) in [4.78, 5) is 25.6. The maximum atomic E-state index is 12.5. The van der Waals surface area contributed by atoms with Gasteiger partial charge in [-0.05, 0) is 48.0 Å². The Hall–Kier alpha value is -3.86. The Balaban J connectivity index is 1.61. The van der Waals surface area contributed by atoms with E-state index in [9.17, 15) is 9.59 Å². The van der Waals surface area contributed by atoms with Gasteiger partial charge >= 0.3 is 0 Å². The van der Waals surface area contributed by atoms with Gasteiger partial charge in [-0.25, -0.2) is 0 Å². The van der Waals surface area contributed by atoms with Crippen LogP contribution >= 0.6 is 0 Å². The summed E-state index contributed by atoms with van der Waals surface area (Å²) in [5, 5.41) is 0. The normalized spacial score (nSPS) is 10.6. The highest BCUT2D eigenvalue weighted by Crippen LogP contribution is 2.21. The molecule has 3 aromatic carbocycles. The first-order valence-corrected chi connectivity index (χ1v) is 9.94. The van der Waals surface area contributed by atoms with Crippen molar-refractivity contribution in [3.05, 3.63) is 102 Å². The lowest BCUT2D eigenvalue weighted by Gasteiger charge is -2.11. The van der Waals surface area contributed by atoms with E-state index < -0.39 is 0 Å². The first-order valence-electron chi connectivity index (χ1n) is 9.94. The van der Waals surface area contributed by atoms with Crippen LogP contribution in [0.3, 0.4) is 0 Å². The van der Waals surface area contributed by atoms with Crippen molar-refractivity contribution in [1.29, 1.82) is 0 Å². The molecular weight excluding hydrogens is 390 g/mol. The first-order chi connectivity index (χ1) is 15.0. The van der Waals surface area contributed by atoms with Gasteiger partial charge in [-0.2, -0.15) is 0 Å². The van der Waals surface area contributed by atoms with Gasteiger partial charge in [0.1, 0.15) is 18.1 Å². The Morgan fingerprint density at radius 2 is 1.52 bits per heavy atom.